The van der Waals surface area contributed by atoms with E-state index in [1.54, 1.807) is 18.2 Å². The molecule has 5 rings (SSSR count). The predicted octanol–water partition coefficient (Wildman–Crippen LogP) is 5.85. The molecule has 4 nitrogen and oxygen atoms in total. The maximum Gasteiger partial charge on any atom is 0.125 e. The van der Waals surface area contributed by atoms with Gasteiger partial charge in [-0.2, -0.15) is 0 Å². The highest BCUT2D eigenvalue weighted by Crippen LogP contribution is 2.26. The highest BCUT2D eigenvalue weighted by atomic mass is 35.5. The van der Waals surface area contributed by atoms with Crippen LogP contribution >= 0.6 is 23.2 Å². The third-order valence-electron chi connectivity index (χ3n) is 5.99. The van der Waals surface area contributed by atoms with Gasteiger partial charge in [0.2, 0.25) is 0 Å². The highest BCUT2D eigenvalue weighted by Gasteiger charge is 2.21. The monoisotopic (exact) mass is 468 g/mol. The third-order valence-corrected chi connectivity index (χ3v) is 6.57. The zero-order valence-corrected chi connectivity index (χ0v) is 19.0. The molecule has 2 heterocycles. The summed E-state index contributed by atoms with van der Waals surface area (Å²) in [7, 11) is 0. The molecule has 1 aromatic heterocycles. The Morgan fingerprint density at radius 3 is 2.44 bits per heavy atom. The van der Waals surface area contributed by atoms with E-state index in [9.17, 15) is 4.39 Å². The van der Waals surface area contributed by atoms with Crippen LogP contribution in [0.4, 0.5) is 10.1 Å². The van der Waals surface area contributed by atoms with Crippen molar-refractivity contribution in [1.29, 1.82) is 0 Å². The van der Waals surface area contributed by atoms with Gasteiger partial charge in [-0.25, -0.2) is 9.37 Å². The Morgan fingerprint density at radius 2 is 1.66 bits per heavy atom. The van der Waals surface area contributed by atoms with E-state index in [0.29, 0.717) is 16.6 Å². The summed E-state index contributed by atoms with van der Waals surface area (Å²) in [5.74, 6) is 0.816. The first kappa shape index (κ1) is 21.3. The van der Waals surface area contributed by atoms with Crippen LogP contribution in [0.25, 0.3) is 11.0 Å². The Kier molecular flexibility index (Phi) is 6.05. The molecule has 0 amide bonds. The molecule has 1 aliphatic heterocycles. The number of nitrogens with zero attached hydrogens (tertiary/aromatic N) is 4. The van der Waals surface area contributed by atoms with Crippen molar-refractivity contribution in [2.45, 2.75) is 13.1 Å². The molecule has 164 valence electrons. The lowest BCUT2D eigenvalue weighted by Crippen LogP contribution is -2.46. The van der Waals surface area contributed by atoms with Crippen molar-refractivity contribution in [3.63, 3.8) is 0 Å². The zero-order valence-electron chi connectivity index (χ0n) is 17.5. The number of aromatic nitrogens is 2. The Morgan fingerprint density at radius 1 is 0.844 bits per heavy atom. The van der Waals surface area contributed by atoms with E-state index in [0.717, 1.165) is 60.8 Å². The molecule has 7 heteroatoms. The van der Waals surface area contributed by atoms with E-state index in [-0.39, 0.29) is 5.82 Å². The largest absolute Gasteiger partial charge is 0.369 e. The average molecular weight is 469 g/mol. The molecule has 0 spiro atoms. The van der Waals surface area contributed by atoms with Gasteiger partial charge in [0.05, 0.1) is 24.1 Å². The lowest BCUT2D eigenvalue weighted by atomic mass is 10.2. The first-order valence-corrected chi connectivity index (χ1v) is 11.4. The first-order valence-electron chi connectivity index (χ1n) is 10.7. The summed E-state index contributed by atoms with van der Waals surface area (Å²) in [5, 5.41) is 1.29. The average Bonchev–Trinajstić information content (AvgIpc) is 3.13. The van der Waals surface area contributed by atoms with Crippen molar-refractivity contribution in [3.8, 4) is 0 Å². The van der Waals surface area contributed by atoms with E-state index < -0.39 is 0 Å². The SMILES string of the molecule is Fc1cccc(N2CCN(Cc3nc4ccccc4n3Cc3ccc(Cl)cc3Cl)CC2)c1. The van der Waals surface area contributed by atoms with E-state index >= 15 is 0 Å². The molecule has 1 fully saturated rings. The van der Waals surface area contributed by atoms with Gasteiger partial charge in [-0.15, -0.1) is 0 Å². The van der Waals surface area contributed by atoms with Crippen LogP contribution in [0.1, 0.15) is 11.4 Å². The molecule has 0 N–H and O–H groups in total. The number of halogens is 3. The van der Waals surface area contributed by atoms with E-state index in [2.05, 4.69) is 20.4 Å². The lowest BCUT2D eigenvalue weighted by Gasteiger charge is -2.36. The van der Waals surface area contributed by atoms with Crippen molar-refractivity contribution >= 4 is 39.9 Å². The van der Waals surface area contributed by atoms with Gasteiger partial charge in [0.15, 0.2) is 0 Å². The van der Waals surface area contributed by atoms with Gasteiger partial charge in [-0.05, 0) is 48.0 Å². The minimum absolute atomic E-state index is 0.195. The molecule has 1 saturated heterocycles. The van der Waals surface area contributed by atoms with Crippen LogP contribution in [-0.2, 0) is 13.1 Å². The van der Waals surface area contributed by atoms with Gasteiger partial charge >= 0.3 is 0 Å². The fraction of sp³-hybridized carbons (Fsp3) is 0.240. The number of imidazole rings is 1. The highest BCUT2D eigenvalue weighted by molar-refractivity contribution is 6.35. The summed E-state index contributed by atoms with van der Waals surface area (Å²) < 4.78 is 15.8. The van der Waals surface area contributed by atoms with E-state index in [1.807, 2.05) is 36.4 Å². The number of piperazine rings is 1. The third kappa shape index (κ3) is 4.46. The molecule has 0 aliphatic carbocycles. The van der Waals surface area contributed by atoms with Crippen LogP contribution in [0, 0.1) is 5.82 Å². The van der Waals surface area contributed by atoms with Crippen molar-refractivity contribution in [2.75, 3.05) is 31.1 Å². The molecule has 32 heavy (non-hydrogen) atoms. The molecule has 0 radical (unpaired) electrons. The first-order chi connectivity index (χ1) is 15.6. The summed E-state index contributed by atoms with van der Waals surface area (Å²) in [6, 6.07) is 20.6. The Labute approximate surface area is 196 Å². The molecular formula is C25H23Cl2FN4. The minimum atomic E-state index is -0.195. The van der Waals surface area contributed by atoms with Crippen LogP contribution in [-0.4, -0.2) is 40.6 Å². The quantitative estimate of drug-likeness (QED) is 0.366. The number of hydrogen-bond acceptors (Lipinski definition) is 3. The topological polar surface area (TPSA) is 24.3 Å². The second-order valence-corrected chi connectivity index (χ2v) is 8.93. The zero-order chi connectivity index (χ0) is 22.1. The Hall–Kier alpha value is -2.60. The molecule has 1 aliphatic rings. The molecule has 0 bridgehead atoms. The second kappa shape index (κ2) is 9.10. The second-order valence-electron chi connectivity index (χ2n) is 8.08. The lowest BCUT2D eigenvalue weighted by molar-refractivity contribution is 0.241. The van der Waals surface area contributed by atoms with Crippen LogP contribution in [0.15, 0.2) is 66.7 Å². The predicted molar refractivity (Wildman–Crippen MR) is 129 cm³/mol. The van der Waals surface area contributed by atoms with Crippen molar-refractivity contribution in [1.82, 2.24) is 14.5 Å². The van der Waals surface area contributed by atoms with Crippen LogP contribution in [0.3, 0.4) is 0 Å². The summed E-state index contributed by atoms with van der Waals surface area (Å²) in [6.45, 7) is 4.87. The number of hydrogen-bond donors (Lipinski definition) is 0. The maximum atomic E-state index is 13.6. The van der Waals surface area contributed by atoms with Gasteiger partial charge in [-0.1, -0.05) is 47.5 Å². The number of para-hydroxylation sites is 2. The summed E-state index contributed by atoms with van der Waals surface area (Å²) in [6.07, 6.45) is 0. The fourth-order valence-corrected chi connectivity index (χ4v) is 4.75. The van der Waals surface area contributed by atoms with E-state index in [4.69, 9.17) is 28.2 Å². The maximum absolute atomic E-state index is 13.6. The molecular weight excluding hydrogens is 446 g/mol. The summed E-state index contributed by atoms with van der Waals surface area (Å²) in [4.78, 5) is 9.56. The summed E-state index contributed by atoms with van der Waals surface area (Å²) >= 11 is 12.6. The number of benzene rings is 3. The number of anilines is 1. The van der Waals surface area contributed by atoms with Crippen LogP contribution in [0.2, 0.25) is 10.0 Å². The van der Waals surface area contributed by atoms with Crippen molar-refractivity contribution in [2.24, 2.45) is 0 Å². The van der Waals surface area contributed by atoms with Gasteiger partial charge in [0.1, 0.15) is 11.6 Å². The smallest absolute Gasteiger partial charge is 0.125 e. The van der Waals surface area contributed by atoms with Gasteiger partial charge in [0.25, 0.3) is 0 Å². The van der Waals surface area contributed by atoms with E-state index in [1.165, 1.54) is 6.07 Å². The minimum Gasteiger partial charge on any atom is -0.369 e. The Bertz CT molecular complexity index is 1250. The normalized spacial score (nSPS) is 14.9. The standard InChI is InChI=1S/C25H23Cl2FN4/c26-19-9-8-18(22(27)14-19)16-32-24-7-2-1-6-23(24)29-25(32)17-30-10-12-31(13-11-30)21-5-3-4-20(28)15-21/h1-9,14-15H,10-13,16-17H2. The van der Waals surface area contributed by atoms with Gasteiger partial charge in [0, 0.05) is 41.9 Å². The fourth-order valence-electron chi connectivity index (χ4n) is 4.28. The molecule has 0 atom stereocenters. The molecule has 4 aromatic rings. The number of rotatable bonds is 5. The van der Waals surface area contributed by atoms with Gasteiger partial charge in [-0.3, -0.25) is 4.90 Å². The molecule has 0 unspecified atom stereocenters. The van der Waals surface area contributed by atoms with Crippen molar-refractivity contribution in [3.05, 3.63) is 94.0 Å². The van der Waals surface area contributed by atoms with Gasteiger partial charge < -0.3 is 9.47 Å². The van der Waals surface area contributed by atoms with Crippen LogP contribution in [0.5, 0.6) is 0 Å². The molecule has 0 saturated carbocycles. The Balaban J connectivity index is 1.36. The number of fused-ring (bicyclic) bond motifs is 1. The molecule has 3 aromatic carbocycles. The summed E-state index contributed by atoms with van der Waals surface area (Å²) in [5.41, 5.74) is 4.02. The van der Waals surface area contributed by atoms with Crippen molar-refractivity contribution < 1.29 is 4.39 Å². The van der Waals surface area contributed by atoms with Crippen LogP contribution < -0.4 is 4.90 Å².